The van der Waals surface area contributed by atoms with E-state index in [9.17, 15) is 9.90 Å². The number of piperidine rings is 1. The highest BCUT2D eigenvalue weighted by atomic mass is 16.3. The molecule has 3 N–H and O–H groups in total. The molecule has 1 amide bonds. The fourth-order valence-corrected chi connectivity index (χ4v) is 3.44. The van der Waals surface area contributed by atoms with E-state index in [1.165, 1.54) is 12.8 Å². The lowest BCUT2D eigenvalue weighted by atomic mass is 9.90. The average Bonchev–Trinajstić information content (AvgIpc) is 3.11. The first kappa shape index (κ1) is 14.5. The number of hydrogen-bond donors (Lipinski definition) is 3. The topological polar surface area (TPSA) is 94.1 Å². The van der Waals surface area contributed by atoms with Crippen LogP contribution >= 0.6 is 0 Å². The van der Waals surface area contributed by atoms with Gasteiger partial charge in [0.15, 0.2) is 0 Å². The van der Waals surface area contributed by atoms with Gasteiger partial charge in [0.1, 0.15) is 11.3 Å². The zero-order chi connectivity index (χ0) is 14.7. The van der Waals surface area contributed by atoms with Gasteiger partial charge >= 0.3 is 0 Å². The van der Waals surface area contributed by atoms with Gasteiger partial charge in [0.05, 0.1) is 12.7 Å². The summed E-state index contributed by atoms with van der Waals surface area (Å²) in [6.45, 7) is 1.60. The lowest BCUT2D eigenvalue weighted by Gasteiger charge is -2.37. The lowest BCUT2D eigenvalue weighted by molar-refractivity contribution is -0.125. The number of likely N-dealkylation sites (tertiary alicyclic amines) is 1. The maximum atomic E-state index is 12.1. The van der Waals surface area contributed by atoms with Crippen LogP contribution in [0.4, 0.5) is 0 Å². The van der Waals surface area contributed by atoms with E-state index in [1.807, 2.05) is 4.90 Å². The Balaban J connectivity index is 1.55. The van der Waals surface area contributed by atoms with Crippen molar-refractivity contribution in [3.63, 3.8) is 0 Å². The largest absolute Gasteiger partial charge is 0.382 e. The molecule has 21 heavy (non-hydrogen) atoms. The number of carbonyl (C=O) groups is 1. The number of hydrogen-bond acceptors (Lipinski definition) is 5. The summed E-state index contributed by atoms with van der Waals surface area (Å²) in [5.74, 6) is 0.0614. The van der Waals surface area contributed by atoms with Gasteiger partial charge in [0.2, 0.25) is 5.91 Å². The normalized spacial score (nSPS) is 27.9. The number of aromatic amines is 1. The molecule has 1 saturated carbocycles. The molecular formula is C14H23N5O2. The lowest BCUT2D eigenvalue weighted by Crippen LogP contribution is -2.50. The van der Waals surface area contributed by atoms with Crippen LogP contribution in [0.25, 0.3) is 0 Å². The van der Waals surface area contributed by atoms with E-state index in [1.54, 1.807) is 6.20 Å². The second-order valence-electron chi connectivity index (χ2n) is 6.25. The molecule has 7 nitrogen and oxygen atoms in total. The Morgan fingerprint density at radius 1 is 1.48 bits per heavy atom. The predicted molar refractivity (Wildman–Crippen MR) is 76.4 cm³/mol. The molecule has 0 unspecified atom stereocenters. The summed E-state index contributed by atoms with van der Waals surface area (Å²) in [7, 11) is 0. The quantitative estimate of drug-likeness (QED) is 0.734. The second kappa shape index (κ2) is 6.11. The van der Waals surface area contributed by atoms with Crippen molar-refractivity contribution in [2.75, 3.05) is 19.6 Å². The number of carbonyl (C=O) groups excluding carboxylic acids is 1. The summed E-state index contributed by atoms with van der Waals surface area (Å²) in [4.78, 5) is 14.1. The van der Waals surface area contributed by atoms with Crippen LogP contribution in [-0.4, -0.2) is 57.0 Å². The molecule has 1 saturated heterocycles. The van der Waals surface area contributed by atoms with E-state index in [4.69, 9.17) is 0 Å². The summed E-state index contributed by atoms with van der Waals surface area (Å²) < 4.78 is 0. The van der Waals surface area contributed by atoms with Crippen LogP contribution in [-0.2, 0) is 10.4 Å². The molecule has 0 spiro atoms. The van der Waals surface area contributed by atoms with E-state index >= 15 is 0 Å². The van der Waals surface area contributed by atoms with Crippen molar-refractivity contribution in [2.45, 2.75) is 50.2 Å². The van der Waals surface area contributed by atoms with Gasteiger partial charge in [-0.1, -0.05) is 12.8 Å². The third-order valence-corrected chi connectivity index (χ3v) is 4.53. The van der Waals surface area contributed by atoms with Crippen molar-refractivity contribution in [2.24, 2.45) is 0 Å². The molecule has 0 bridgehead atoms. The standard InChI is InChI=1S/C14H23N5O2/c20-13(16-11-4-1-2-5-11)9-19-7-3-6-14(21,10-19)12-8-15-18-17-12/h8,11,21H,1-7,9-10H2,(H,16,20)(H,15,17,18)/t14-/m1/s1. The van der Waals surface area contributed by atoms with Crippen LogP contribution in [0, 0.1) is 0 Å². The van der Waals surface area contributed by atoms with Crippen LogP contribution < -0.4 is 5.32 Å². The monoisotopic (exact) mass is 293 g/mol. The van der Waals surface area contributed by atoms with Crippen LogP contribution in [0.1, 0.15) is 44.2 Å². The Morgan fingerprint density at radius 2 is 2.29 bits per heavy atom. The number of H-pyrrole nitrogens is 1. The number of nitrogens with one attached hydrogen (secondary N) is 2. The SMILES string of the molecule is O=C(CN1CCC[C@](O)(c2cn[nH]n2)C1)NC1CCCC1. The van der Waals surface area contributed by atoms with Gasteiger partial charge in [-0.3, -0.25) is 9.69 Å². The van der Waals surface area contributed by atoms with Crippen molar-refractivity contribution < 1.29 is 9.90 Å². The molecular weight excluding hydrogens is 270 g/mol. The first-order chi connectivity index (χ1) is 10.2. The summed E-state index contributed by atoms with van der Waals surface area (Å²) in [6.07, 6.45) is 7.66. The Morgan fingerprint density at radius 3 is 3.00 bits per heavy atom. The molecule has 1 aliphatic carbocycles. The van der Waals surface area contributed by atoms with E-state index in [2.05, 4.69) is 20.7 Å². The van der Waals surface area contributed by atoms with Gasteiger partial charge in [0, 0.05) is 12.6 Å². The van der Waals surface area contributed by atoms with E-state index in [-0.39, 0.29) is 5.91 Å². The van der Waals surface area contributed by atoms with E-state index < -0.39 is 5.60 Å². The van der Waals surface area contributed by atoms with E-state index in [0.29, 0.717) is 31.2 Å². The second-order valence-corrected chi connectivity index (χ2v) is 6.25. The first-order valence-electron chi connectivity index (χ1n) is 7.76. The number of amides is 1. The van der Waals surface area contributed by atoms with Gasteiger partial charge in [-0.15, -0.1) is 0 Å². The number of rotatable bonds is 4. The number of aliphatic hydroxyl groups is 1. The third kappa shape index (κ3) is 3.41. The van der Waals surface area contributed by atoms with Gasteiger partial charge in [-0.2, -0.15) is 15.4 Å². The van der Waals surface area contributed by atoms with Crippen LogP contribution in [0.5, 0.6) is 0 Å². The predicted octanol–water partition coefficient (Wildman–Crippen LogP) is 0.147. The maximum Gasteiger partial charge on any atom is 0.234 e. The Bertz CT molecular complexity index is 472. The van der Waals surface area contributed by atoms with Crippen molar-refractivity contribution >= 4 is 5.91 Å². The number of aromatic nitrogens is 3. The smallest absolute Gasteiger partial charge is 0.234 e. The molecule has 7 heteroatoms. The van der Waals surface area contributed by atoms with Crippen molar-refractivity contribution in [3.05, 3.63) is 11.9 Å². The average molecular weight is 293 g/mol. The minimum atomic E-state index is -1.00. The maximum absolute atomic E-state index is 12.1. The minimum Gasteiger partial charge on any atom is -0.382 e. The van der Waals surface area contributed by atoms with Crippen LogP contribution in [0.15, 0.2) is 6.20 Å². The molecule has 1 aromatic heterocycles. The Hall–Kier alpha value is -1.47. The molecule has 3 rings (SSSR count). The highest BCUT2D eigenvalue weighted by Gasteiger charge is 2.37. The van der Waals surface area contributed by atoms with Crippen molar-refractivity contribution in [1.82, 2.24) is 25.6 Å². The number of nitrogens with zero attached hydrogens (tertiary/aromatic N) is 3. The van der Waals surface area contributed by atoms with Crippen LogP contribution in [0.3, 0.4) is 0 Å². The molecule has 2 fully saturated rings. The summed E-state index contributed by atoms with van der Waals surface area (Å²) in [5.41, 5.74) is -0.442. The molecule has 2 heterocycles. The van der Waals surface area contributed by atoms with Gasteiger partial charge in [-0.05, 0) is 32.2 Å². The Kier molecular flexibility index (Phi) is 4.21. The van der Waals surface area contributed by atoms with Gasteiger partial charge in [-0.25, -0.2) is 0 Å². The summed E-state index contributed by atoms with van der Waals surface area (Å²) >= 11 is 0. The van der Waals surface area contributed by atoms with E-state index in [0.717, 1.165) is 25.8 Å². The summed E-state index contributed by atoms with van der Waals surface area (Å²) in [5, 5.41) is 24.1. The first-order valence-corrected chi connectivity index (χ1v) is 7.76. The van der Waals surface area contributed by atoms with Gasteiger partial charge < -0.3 is 10.4 Å². The molecule has 0 radical (unpaired) electrons. The highest BCUT2D eigenvalue weighted by Crippen LogP contribution is 2.29. The molecule has 0 aromatic carbocycles. The molecule has 2 aliphatic rings. The van der Waals surface area contributed by atoms with Crippen molar-refractivity contribution in [3.8, 4) is 0 Å². The van der Waals surface area contributed by atoms with Gasteiger partial charge in [0.25, 0.3) is 0 Å². The number of β-amino-alcohol motifs (C(OH)–C–C–N with tert-alkyl or cyclic N) is 1. The molecule has 116 valence electrons. The fourth-order valence-electron chi connectivity index (χ4n) is 3.44. The third-order valence-electron chi connectivity index (χ3n) is 4.53. The Labute approximate surface area is 124 Å². The van der Waals surface area contributed by atoms with Crippen LogP contribution in [0.2, 0.25) is 0 Å². The summed E-state index contributed by atoms with van der Waals surface area (Å²) in [6, 6.07) is 0.344. The highest BCUT2D eigenvalue weighted by molar-refractivity contribution is 5.78. The zero-order valence-electron chi connectivity index (χ0n) is 12.2. The minimum absolute atomic E-state index is 0.0614. The molecule has 1 aromatic rings. The zero-order valence-corrected chi connectivity index (χ0v) is 12.2. The molecule has 1 atom stereocenters. The van der Waals surface area contributed by atoms with Crippen molar-refractivity contribution in [1.29, 1.82) is 0 Å². The molecule has 1 aliphatic heterocycles. The fraction of sp³-hybridized carbons (Fsp3) is 0.786.